The van der Waals surface area contributed by atoms with Crippen molar-refractivity contribution in [2.75, 3.05) is 144 Å². The molecule has 0 unspecified atom stereocenters. The summed E-state index contributed by atoms with van der Waals surface area (Å²) in [5.74, 6) is -1.65. The van der Waals surface area contributed by atoms with Gasteiger partial charge in [0.15, 0.2) is 0 Å². The van der Waals surface area contributed by atoms with Gasteiger partial charge in [-0.15, -0.1) is 0 Å². The molecule has 306 valence electrons. The number of carbonyl (C=O) groups is 2. The molecule has 15 nitrogen and oxygen atoms in total. The number of benzene rings is 2. The Morgan fingerprint density at radius 1 is 0.519 bits per heavy atom. The lowest BCUT2D eigenvalue weighted by Gasteiger charge is -2.13. The van der Waals surface area contributed by atoms with Crippen LogP contribution >= 0.6 is 0 Å². The zero-order valence-electron chi connectivity index (χ0n) is 30.4. The Morgan fingerprint density at radius 3 is 1.31 bits per heavy atom. The van der Waals surface area contributed by atoms with Crippen molar-refractivity contribution in [3.8, 4) is 0 Å². The van der Waals surface area contributed by atoms with E-state index >= 15 is 0 Å². The third-order valence-corrected chi connectivity index (χ3v) is 6.65. The highest BCUT2D eigenvalue weighted by Crippen LogP contribution is 2.32. The average Bonchev–Trinajstić information content (AvgIpc) is 3.15. The maximum Gasteiger partial charge on any atom is 0.416 e. The third kappa shape index (κ3) is 24.8. The first kappa shape index (κ1) is 46.7. The number of anilines is 2. The van der Waals surface area contributed by atoms with Crippen LogP contribution in [0.1, 0.15) is 15.9 Å². The second-order valence-corrected chi connectivity index (χ2v) is 10.8. The minimum Gasteiger partial charge on any atom is -0.480 e. The van der Waals surface area contributed by atoms with E-state index in [1.807, 2.05) is 0 Å². The molecular weight excluding hydrogens is 727 g/mol. The van der Waals surface area contributed by atoms with E-state index in [1.54, 1.807) is 18.2 Å². The second-order valence-electron chi connectivity index (χ2n) is 10.8. The molecular formula is C36H52F3NO14. The molecule has 0 saturated heterocycles. The summed E-state index contributed by atoms with van der Waals surface area (Å²) in [5, 5.41) is 11.3. The molecule has 0 saturated carbocycles. The van der Waals surface area contributed by atoms with Crippen LogP contribution in [0.3, 0.4) is 0 Å². The van der Waals surface area contributed by atoms with Crippen LogP contribution in [0.15, 0.2) is 48.5 Å². The van der Waals surface area contributed by atoms with Crippen LogP contribution in [-0.2, 0) is 63.1 Å². The van der Waals surface area contributed by atoms with Gasteiger partial charge in [0.1, 0.15) is 13.2 Å². The summed E-state index contributed by atoms with van der Waals surface area (Å²) >= 11 is 0. The SMILES string of the molecule is O=C(O)COCCOCCOCCOCCOCCOCCOCCOCCOCCOCCOC(=O)c1ccccc1Nc1cccc(C(F)(F)F)c1. The van der Waals surface area contributed by atoms with E-state index in [4.69, 9.17) is 57.2 Å². The van der Waals surface area contributed by atoms with Gasteiger partial charge in [0.2, 0.25) is 0 Å². The molecule has 0 aliphatic heterocycles. The quantitative estimate of drug-likeness (QED) is 0.0764. The van der Waals surface area contributed by atoms with Crippen molar-refractivity contribution in [2.45, 2.75) is 6.18 Å². The van der Waals surface area contributed by atoms with E-state index in [0.29, 0.717) is 118 Å². The molecule has 18 heteroatoms. The van der Waals surface area contributed by atoms with E-state index in [1.165, 1.54) is 18.2 Å². The molecule has 0 amide bonds. The minimum atomic E-state index is -4.48. The van der Waals surface area contributed by atoms with E-state index in [2.05, 4.69) is 5.32 Å². The van der Waals surface area contributed by atoms with Gasteiger partial charge in [0.05, 0.1) is 142 Å². The Hall–Kier alpha value is -3.43. The first-order valence-electron chi connectivity index (χ1n) is 17.5. The predicted octanol–water partition coefficient (Wildman–Crippen LogP) is 3.86. The summed E-state index contributed by atoms with van der Waals surface area (Å²) in [7, 11) is 0. The van der Waals surface area contributed by atoms with Gasteiger partial charge in [-0.2, -0.15) is 13.2 Å². The third-order valence-electron chi connectivity index (χ3n) is 6.65. The van der Waals surface area contributed by atoms with Gasteiger partial charge in [0.25, 0.3) is 0 Å². The summed E-state index contributed by atoms with van der Waals surface area (Å²) in [6.07, 6.45) is -4.48. The number of ether oxygens (including phenoxy) is 11. The van der Waals surface area contributed by atoms with E-state index in [-0.39, 0.29) is 37.7 Å². The monoisotopic (exact) mass is 779 g/mol. The maximum absolute atomic E-state index is 13.0. The van der Waals surface area contributed by atoms with Crippen LogP contribution in [-0.4, -0.2) is 156 Å². The van der Waals surface area contributed by atoms with Crippen molar-refractivity contribution in [1.82, 2.24) is 0 Å². The number of aliphatic carboxylic acids is 1. The highest BCUT2D eigenvalue weighted by atomic mass is 19.4. The number of hydrogen-bond donors (Lipinski definition) is 2. The van der Waals surface area contributed by atoms with E-state index < -0.39 is 23.7 Å². The summed E-state index contributed by atoms with van der Waals surface area (Å²) in [6, 6.07) is 11.1. The van der Waals surface area contributed by atoms with Crippen molar-refractivity contribution in [3.63, 3.8) is 0 Å². The number of carboxylic acids is 1. The van der Waals surface area contributed by atoms with Crippen molar-refractivity contribution < 1.29 is 80.0 Å². The number of para-hydroxylation sites is 1. The van der Waals surface area contributed by atoms with Gasteiger partial charge in [-0.3, -0.25) is 0 Å². The highest BCUT2D eigenvalue weighted by molar-refractivity contribution is 5.96. The zero-order chi connectivity index (χ0) is 39.0. The van der Waals surface area contributed by atoms with Crippen molar-refractivity contribution >= 4 is 23.3 Å². The fourth-order valence-electron chi connectivity index (χ4n) is 4.11. The fraction of sp³-hybridized carbons (Fsp3) is 0.611. The first-order chi connectivity index (χ1) is 26.3. The number of hydrogen-bond acceptors (Lipinski definition) is 14. The lowest BCUT2D eigenvalue weighted by Crippen LogP contribution is -2.16. The van der Waals surface area contributed by atoms with E-state index in [9.17, 15) is 22.8 Å². The summed E-state index contributed by atoms with van der Waals surface area (Å²) in [6.45, 7) is 6.87. The number of halogens is 3. The largest absolute Gasteiger partial charge is 0.480 e. The molecule has 2 rings (SSSR count). The highest BCUT2D eigenvalue weighted by Gasteiger charge is 2.30. The number of nitrogens with one attached hydrogen (secondary N) is 1. The van der Waals surface area contributed by atoms with Gasteiger partial charge >= 0.3 is 18.1 Å². The van der Waals surface area contributed by atoms with Crippen molar-refractivity contribution in [3.05, 3.63) is 59.7 Å². The lowest BCUT2D eigenvalue weighted by molar-refractivity contribution is -0.142. The van der Waals surface area contributed by atoms with Crippen LogP contribution in [0.5, 0.6) is 0 Å². The molecule has 0 radical (unpaired) electrons. The fourth-order valence-corrected chi connectivity index (χ4v) is 4.11. The lowest BCUT2D eigenvalue weighted by atomic mass is 10.1. The summed E-state index contributed by atoms with van der Waals surface area (Å²) in [5.41, 5.74) is -0.115. The molecule has 0 aliphatic rings. The van der Waals surface area contributed by atoms with Crippen LogP contribution in [0, 0.1) is 0 Å². The Balaban J connectivity index is 1.29. The maximum atomic E-state index is 13.0. The molecule has 0 fully saturated rings. The molecule has 0 spiro atoms. The Morgan fingerprint density at radius 2 is 0.907 bits per heavy atom. The molecule has 0 atom stereocenters. The second kappa shape index (κ2) is 30.8. The van der Waals surface area contributed by atoms with Gasteiger partial charge in [0, 0.05) is 5.69 Å². The standard InChI is InChI=1S/C36H52F3NO14/c37-36(38,39)30-4-3-5-31(28-30)40-33-7-2-1-6-32(33)35(43)54-27-26-52-23-22-50-19-18-48-15-14-46-11-10-44-8-9-45-12-13-47-16-17-49-20-21-51-24-25-53-29-34(41)42/h1-7,28,40H,8-27,29H2,(H,41,42). The van der Waals surface area contributed by atoms with Crippen LogP contribution < -0.4 is 5.32 Å². The number of rotatable bonds is 35. The Bertz CT molecular complexity index is 1260. The molecule has 0 aromatic heterocycles. The molecule has 2 aromatic rings. The smallest absolute Gasteiger partial charge is 0.416 e. The van der Waals surface area contributed by atoms with Crippen LogP contribution in [0.4, 0.5) is 24.5 Å². The van der Waals surface area contributed by atoms with Crippen LogP contribution in [0.25, 0.3) is 0 Å². The van der Waals surface area contributed by atoms with Crippen molar-refractivity contribution in [2.24, 2.45) is 0 Å². The zero-order valence-corrected chi connectivity index (χ0v) is 30.4. The molecule has 2 aromatic carbocycles. The average molecular weight is 780 g/mol. The molecule has 0 heterocycles. The van der Waals surface area contributed by atoms with Gasteiger partial charge in [-0.25, -0.2) is 9.59 Å². The number of carbonyl (C=O) groups excluding carboxylic acids is 1. The number of alkyl halides is 3. The Labute approximate surface area is 313 Å². The topological polar surface area (TPSA) is 168 Å². The van der Waals surface area contributed by atoms with Crippen molar-refractivity contribution in [1.29, 1.82) is 0 Å². The minimum absolute atomic E-state index is 0.00976. The number of carboxylic acid groups (broad SMARTS) is 1. The first-order valence-corrected chi connectivity index (χ1v) is 17.5. The molecule has 0 bridgehead atoms. The summed E-state index contributed by atoms with van der Waals surface area (Å²) in [4.78, 5) is 22.9. The molecule has 2 N–H and O–H groups in total. The normalized spacial score (nSPS) is 11.5. The molecule has 54 heavy (non-hydrogen) atoms. The molecule has 0 aliphatic carbocycles. The summed E-state index contributed by atoms with van der Waals surface area (Å²) < 4.78 is 97.9. The van der Waals surface area contributed by atoms with Gasteiger partial charge in [-0.05, 0) is 30.3 Å². The Kier molecular flexibility index (Phi) is 26.7. The van der Waals surface area contributed by atoms with E-state index in [0.717, 1.165) is 12.1 Å². The predicted molar refractivity (Wildman–Crippen MR) is 187 cm³/mol. The van der Waals surface area contributed by atoms with Gasteiger partial charge < -0.3 is 62.5 Å². The van der Waals surface area contributed by atoms with Crippen LogP contribution in [0.2, 0.25) is 0 Å². The van der Waals surface area contributed by atoms with Gasteiger partial charge in [-0.1, -0.05) is 18.2 Å². The number of esters is 1.